The Morgan fingerprint density at radius 2 is 1.72 bits per heavy atom. The molecule has 2 N–H and O–H groups in total. The van der Waals surface area contributed by atoms with Crippen LogP contribution >= 0.6 is 0 Å². The Morgan fingerprint density at radius 1 is 1.03 bits per heavy atom. The van der Waals surface area contributed by atoms with Gasteiger partial charge in [0.1, 0.15) is 29.2 Å². The zero-order valence-electron chi connectivity index (χ0n) is 20.5. The van der Waals surface area contributed by atoms with Crippen molar-refractivity contribution >= 4 is 16.9 Å². The number of rotatable bonds is 11. The lowest BCUT2D eigenvalue weighted by molar-refractivity contribution is -0.0480. The molecule has 0 aliphatic rings. The first-order valence-electron chi connectivity index (χ1n) is 11.7. The molecule has 36 heavy (non-hydrogen) atoms. The Balaban J connectivity index is 1.63. The van der Waals surface area contributed by atoms with Crippen LogP contribution in [0.25, 0.3) is 10.9 Å². The lowest BCUT2D eigenvalue weighted by Gasteiger charge is -2.25. The van der Waals surface area contributed by atoms with Crippen LogP contribution < -0.4 is 9.47 Å². The summed E-state index contributed by atoms with van der Waals surface area (Å²) < 4.78 is 18.8. The summed E-state index contributed by atoms with van der Waals surface area (Å²) in [4.78, 5) is 11.6. The van der Waals surface area contributed by atoms with Crippen molar-refractivity contribution in [3.8, 4) is 11.5 Å². The molecule has 2 unspecified atom stereocenters. The fraction of sp³-hybridized carbons (Fsp3) is 0.286. The van der Waals surface area contributed by atoms with E-state index in [-0.39, 0.29) is 12.1 Å². The van der Waals surface area contributed by atoms with Crippen LogP contribution in [0.15, 0.2) is 66.9 Å². The molecule has 0 spiro atoms. The zero-order valence-corrected chi connectivity index (χ0v) is 20.5. The average Bonchev–Trinajstić information content (AvgIpc) is 3.31. The van der Waals surface area contributed by atoms with E-state index in [4.69, 9.17) is 14.2 Å². The standard InChI is InChI=1S/C28H30N2O6/c1-18-23(34-2)14-21(15-24(18)35-3)27(31)25(36-13-12-19-8-5-4-6-9-19)17-30-16-20-10-7-11-22(28(32)33)26(20)29-30/h4-11,14-16,25,27,31H,12-13,17H2,1-3H3,(H,32,33). The minimum Gasteiger partial charge on any atom is -0.496 e. The number of benzene rings is 3. The first-order valence-corrected chi connectivity index (χ1v) is 11.7. The summed E-state index contributed by atoms with van der Waals surface area (Å²) in [5, 5.41) is 26.1. The van der Waals surface area contributed by atoms with E-state index in [9.17, 15) is 15.0 Å². The van der Waals surface area contributed by atoms with Gasteiger partial charge in [0.2, 0.25) is 0 Å². The van der Waals surface area contributed by atoms with Crippen molar-refractivity contribution in [3.63, 3.8) is 0 Å². The van der Waals surface area contributed by atoms with Crippen molar-refractivity contribution in [1.29, 1.82) is 0 Å². The predicted molar refractivity (Wildman–Crippen MR) is 136 cm³/mol. The average molecular weight is 491 g/mol. The summed E-state index contributed by atoms with van der Waals surface area (Å²) in [5.41, 5.74) is 3.06. The Kier molecular flexibility index (Phi) is 7.87. The van der Waals surface area contributed by atoms with Crippen LogP contribution in [0, 0.1) is 6.92 Å². The third-order valence-corrected chi connectivity index (χ3v) is 6.21. The fourth-order valence-electron chi connectivity index (χ4n) is 4.25. The molecular formula is C28H30N2O6. The number of methoxy groups -OCH3 is 2. The van der Waals surface area contributed by atoms with E-state index in [2.05, 4.69) is 5.10 Å². The molecule has 1 aromatic heterocycles. The first kappa shape index (κ1) is 25.2. The number of aromatic carboxylic acids is 1. The number of aromatic nitrogens is 2. The second-order valence-electron chi connectivity index (χ2n) is 8.54. The van der Waals surface area contributed by atoms with Gasteiger partial charge in [-0.2, -0.15) is 5.10 Å². The number of fused-ring (bicyclic) bond motifs is 1. The molecule has 0 fully saturated rings. The second kappa shape index (κ2) is 11.2. The molecule has 1 heterocycles. The molecule has 8 nitrogen and oxygen atoms in total. The lowest BCUT2D eigenvalue weighted by atomic mass is 10.0. The topological polar surface area (TPSA) is 103 Å². The third kappa shape index (κ3) is 5.50. The number of hydrogen-bond donors (Lipinski definition) is 2. The van der Waals surface area contributed by atoms with Crippen LogP contribution in [0.5, 0.6) is 11.5 Å². The van der Waals surface area contributed by atoms with E-state index >= 15 is 0 Å². The molecule has 0 radical (unpaired) electrons. The van der Waals surface area contributed by atoms with E-state index in [0.717, 1.165) is 11.1 Å². The highest BCUT2D eigenvalue weighted by molar-refractivity contribution is 6.01. The highest BCUT2D eigenvalue weighted by Gasteiger charge is 2.25. The van der Waals surface area contributed by atoms with E-state index < -0.39 is 18.2 Å². The molecule has 188 valence electrons. The molecule has 0 saturated carbocycles. The van der Waals surface area contributed by atoms with Gasteiger partial charge in [0.25, 0.3) is 0 Å². The number of carbonyl (C=O) groups is 1. The highest BCUT2D eigenvalue weighted by atomic mass is 16.5. The number of carboxylic acid groups (broad SMARTS) is 1. The van der Waals surface area contributed by atoms with Gasteiger partial charge in [-0.3, -0.25) is 4.68 Å². The summed E-state index contributed by atoms with van der Waals surface area (Å²) in [5.74, 6) is 0.158. The Hall–Kier alpha value is -3.88. The molecule has 8 heteroatoms. The molecule has 0 aliphatic carbocycles. The number of aliphatic hydroxyl groups is 1. The van der Waals surface area contributed by atoms with Crippen LogP contribution in [-0.4, -0.2) is 52.9 Å². The van der Waals surface area contributed by atoms with Gasteiger partial charge in [-0.25, -0.2) is 4.79 Å². The normalized spacial score (nSPS) is 12.9. The van der Waals surface area contributed by atoms with Crippen LogP contribution in [0.3, 0.4) is 0 Å². The van der Waals surface area contributed by atoms with Crippen LogP contribution in [-0.2, 0) is 17.7 Å². The van der Waals surface area contributed by atoms with Gasteiger partial charge in [-0.1, -0.05) is 42.5 Å². The maximum absolute atomic E-state index is 11.6. The Labute approximate surface area is 209 Å². The third-order valence-electron chi connectivity index (χ3n) is 6.21. The maximum atomic E-state index is 11.6. The second-order valence-corrected chi connectivity index (χ2v) is 8.54. The molecule has 0 amide bonds. The smallest absolute Gasteiger partial charge is 0.337 e. The van der Waals surface area contributed by atoms with Crippen molar-refractivity contribution in [2.24, 2.45) is 0 Å². The Bertz CT molecular complexity index is 1310. The molecule has 2 atom stereocenters. The largest absolute Gasteiger partial charge is 0.496 e. The van der Waals surface area contributed by atoms with Crippen LogP contribution in [0.2, 0.25) is 0 Å². The van der Waals surface area contributed by atoms with E-state index in [0.29, 0.717) is 41.0 Å². The summed E-state index contributed by atoms with van der Waals surface area (Å²) in [6.45, 7) is 2.48. The highest BCUT2D eigenvalue weighted by Crippen LogP contribution is 2.34. The monoisotopic (exact) mass is 490 g/mol. The van der Waals surface area contributed by atoms with E-state index in [1.165, 1.54) is 6.07 Å². The molecule has 4 rings (SSSR count). The summed E-state index contributed by atoms with van der Waals surface area (Å²) in [6, 6.07) is 18.5. The van der Waals surface area contributed by atoms with Gasteiger partial charge in [-0.15, -0.1) is 0 Å². The van der Waals surface area contributed by atoms with Gasteiger partial charge in [-0.05, 0) is 42.7 Å². The SMILES string of the molecule is COc1cc(C(O)C(Cn2cc3cccc(C(=O)O)c3n2)OCCc2ccccc2)cc(OC)c1C. The van der Waals surface area contributed by atoms with Crippen molar-refractivity contribution in [2.75, 3.05) is 20.8 Å². The van der Waals surface area contributed by atoms with Crippen LogP contribution in [0.1, 0.15) is 33.2 Å². The molecule has 0 bridgehead atoms. The summed E-state index contributed by atoms with van der Waals surface area (Å²) in [6.07, 6.45) is 0.747. The predicted octanol–water partition coefficient (Wildman–Crippen LogP) is 4.42. The molecule has 0 saturated heterocycles. The van der Waals surface area contributed by atoms with Gasteiger partial charge >= 0.3 is 5.97 Å². The fourth-order valence-corrected chi connectivity index (χ4v) is 4.25. The lowest BCUT2D eigenvalue weighted by Crippen LogP contribution is -2.29. The van der Waals surface area contributed by atoms with Gasteiger partial charge in [0, 0.05) is 17.1 Å². The number of nitrogens with zero attached hydrogens (tertiary/aromatic N) is 2. The first-order chi connectivity index (χ1) is 17.4. The number of ether oxygens (including phenoxy) is 3. The Morgan fingerprint density at radius 3 is 2.36 bits per heavy atom. The maximum Gasteiger partial charge on any atom is 0.337 e. The van der Waals surface area contributed by atoms with Gasteiger partial charge < -0.3 is 24.4 Å². The van der Waals surface area contributed by atoms with E-state index in [1.807, 2.05) is 43.3 Å². The van der Waals surface area contributed by atoms with Crippen molar-refractivity contribution < 1.29 is 29.2 Å². The van der Waals surface area contributed by atoms with Crippen molar-refractivity contribution in [1.82, 2.24) is 9.78 Å². The quantitative estimate of drug-likeness (QED) is 0.321. The summed E-state index contributed by atoms with van der Waals surface area (Å²) in [7, 11) is 3.14. The summed E-state index contributed by atoms with van der Waals surface area (Å²) >= 11 is 0. The number of carboxylic acids is 1. The van der Waals surface area contributed by atoms with Gasteiger partial charge in [0.15, 0.2) is 0 Å². The minimum atomic E-state index is -1.04. The van der Waals surface area contributed by atoms with Crippen LogP contribution in [0.4, 0.5) is 0 Å². The molecule has 3 aromatic carbocycles. The molecule has 4 aromatic rings. The minimum absolute atomic E-state index is 0.126. The number of aliphatic hydroxyl groups excluding tert-OH is 1. The van der Waals surface area contributed by atoms with Crippen molar-refractivity contribution in [2.45, 2.75) is 32.1 Å². The molecular weight excluding hydrogens is 460 g/mol. The number of hydrogen-bond acceptors (Lipinski definition) is 6. The van der Waals surface area contributed by atoms with Crippen molar-refractivity contribution in [3.05, 3.63) is 89.1 Å². The molecule has 0 aliphatic heterocycles. The van der Waals surface area contributed by atoms with Gasteiger partial charge in [0.05, 0.1) is 32.9 Å². The van der Waals surface area contributed by atoms with E-state index in [1.54, 1.807) is 43.3 Å². The zero-order chi connectivity index (χ0) is 25.7.